The van der Waals surface area contributed by atoms with Gasteiger partial charge in [0.25, 0.3) is 0 Å². The van der Waals surface area contributed by atoms with Gasteiger partial charge in [0.1, 0.15) is 0 Å². The summed E-state index contributed by atoms with van der Waals surface area (Å²) in [5.74, 6) is 6.55. The summed E-state index contributed by atoms with van der Waals surface area (Å²) < 4.78 is 0. The van der Waals surface area contributed by atoms with Crippen LogP contribution in [0.25, 0.3) is 0 Å². The molecule has 0 heterocycles. The van der Waals surface area contributed by atoms with E-state index in [1.165, 1.54) is 12.8 Å². The largest absolute Gasteiger partial charge is 0.360 e. The Morgan fingerprint density at radius 2 is 2.31 bits per heavy atom. The second kappa shape index (κ2) is 5.08. The maximum absolute atomic E-state index is 5.10. The van der Waals surface area contributed by atoms with Crippen molar-refractivity contribution >= 4 is 17.3 Å². The average Bonchev–Trinajstić information content (AvgIpc) is 2.86. The second-order valence-electron chi connectivity index (χ2n) is 3.38. The molecule has 2 N–H and O–H groups in total. The highest BCUT2D eigenvalue weighted by Gasteiger charge is 2.27. The monoisotopic (exact) mass is 196 g/mol. The molecule has 1 rings (SSSR count). The van der Waals surface area contributed by atoms with Gasteiger partial charge >= 0.3 is 0 Å². The second-order valence-corrected chi connectivity index (χ2v) is 3.79. The van der Waals surface area contributed by atoms with Crippen LogP contribution in [0.1, 0.15) is 26.7 Å². The first-order valence-corrected chi connectivity index (χ1v) is 5.09. The third-order valence-corrected chi connectivity index (χ3v) is 2.46. The third kappa shape index (κ3) is 4.14. The molecule has 0 amide bonds. The molecule has 1 unspecified atom stereocenters. The van der Waals surface area contributed by atoms with Gasteiger partial charge in [0.15, 0.2) is 5.11 Å². The minimum Gasteiger partial charge on any atom is -0.360 e. The van der Waals surface area contributed by atoms with Gasteiger partial charge in [-0.2, -0.15) is 0 Å². The Labute approximate surface area is 85.5 Å². The summed E-state index contributed by atoms with van der Waals surface area (Å²) in [7, 11) is 0. The van der Waals surface area contributed by atoms with E-state index in [9.17, 15) is 0 Å². The maximum atomic E-state index is 5.10. The lowest BCUT2D eigenvalue weighted by Gasteiger charge is -2.14. The molecule has 0 aromatic heterocycles. The molecular formula is C10H16N2S. The maximum Gasteiger partial charge on any atom is 0.167 e. The molecule has 0 aromatic carbocycles. The predicted molar refractivity (Wildman–Crippen MR) is 59.4 cm³/mol. The van der Waals surface area contributed by atoms with Gasteiger partial charge < -0.3 is 10.6 Å². The molecule has 1 atom stereocenters. The molecule has 13 heavy (non-hydrogen) atoms. The lowest BCUT2D eigenvalue weighted by atomic mass is 10.2. The molecule has 1 saturated carbocycles. The quantitative estimate of drug-likeness (QED) is 0.525. The lowest BCUT2D eigenvalue weighted by molar-refractivity contribution is 0.583. The summed E-state index contributed by atoms with van der Waals surface area (Å²) in [6, 6.07) is 0.509. The Morgan fingerprint density at radius 3 is 2.85 bits per heavy atom. The number of hydrogen-bond donors (Lipinski definition) is 2. The van der Waals surface area contributed by atoms with Crippen LogP contribution in [-0.4, -0.2) is 17.7 Å². The van der Waals surface area contributed by atoms with Gasteiger partial charge in [-0.1, -0.05) is 5.92 Å². The summed E-state index contributed by atoms with van der Waals surface area (Å²) >= 11 is 5.10. The van der Waals surface area contributed by atoms with Gasteiger partial charge in [0.2, 0.25) is 0 Å². The number of nitrogens with one attached hydrogen (secondary N) is 2. The fourth-order valence-electron chi connectivity index (χ4n) is 1.18. The van der Waals surface area contributed by atoms with Crippen molar-refractivity contribution < 1.29 is 0 Å². The third-order valence-electron chi connectivity index (χ3n) is 2.20. The topological polar surface area (TPSA) is 24.1 Å². The Bertz CT molecular complexity index is 235. The highest BCUT2D eigenvalue weighted by Crippen LogP contribution is 2.32. The van der Waals surface area contributed by atoms with E-state index in [4.69, 9.17) is 12.2 Å². The van der Waals surface area contributed by atoms with E-state index in [2.05, 4.69) is 29.4 Å². The molecule has 0 radical (unpaired) electrons. The Balaban J connectivity index is 2.11. The zero-order valence-corrected chi connectivity index (χ0v) is 9.00. The molecular weight excluding hydrogens is 180 g/mol. The number of rotatable bonds is 3. The first kappa shape index (κ1) is 10.3. The summed E-state index contributed by atoms with van der Waals surface area (Å²) in [4.78, 5) is 0. The van der Waals surface area contributed by atoms with Crippen molar-refractivity contribution in [2.75, 3.05) is 6.54 Å². The molecule has 0 aliphatic heterocycles. The van der Waals surface area contributed by atoms with Crippen molar-refractivity contribution in [3.63, 3.8) is 0 Å². The smallest absolute Gasteiger partial charge is 0.167 e. The van der Waals surface area contributed by atoms with Crippen LogP contribution in [0.2, 0.25) is 0 Å². The Kier molecular flexibility index (Phi) is 4.04. The summed E-state index contributed by atoms with van der Waals surface area (Å²) in [5.41, 5.74) is 0. The van der Waals surface area contributed by atoms with Crippen LogP contribution >= 0.6 is 12.2 Å². The van der Waals surface area contributed by atoms with E-state index in [1.807, 2.05) is 6.92 Å². The van der Waals surface area contributed by atoms with Crippen LogP contribution in [-0.2, 0) is 0 Å². The molecule has 2 nitrogen and oxygen atoms in total. The van der Waals surface area contributed by atoms with Crippen LogP contribution in [0.3, 0.4) is 0 Å². The zero-order valence-electron chi connectivity index (χ0n) is 8.18. The van der Waals surface area contributed by atoms with Crippen LogP contribution in [0.5, 0.6) is 0 Å². The molecule has 3 heteroatoms. The molecule has 0 spiro atoms. The molecule has 1 fully saturated rings. The van der Waals surface area contributed by atoms with Gasteiger partial charge in [0, 0.05) is 6.04 Å². The summed E-state index contributed by atoms with van der Waals surface area (Å²) in [6.07, 6.45) is 2.68. The fourth-order valence-corrected chi connectivity index (χ4v) is 1.44. The van der Waals surface area contributed by atoms with Crippen molar-refractivity contribution in [2.45, 2.75) is 32.7 Å². The van der Waals surface area contributed by atoms with Crippen molar-refractivity contribution in [2.24, 2.45) is 5.92 Å². The van der Waals surface area contributed by atoms with E-state index in [0.29, 0.717) is 12.6 Å². The number of hydrogen-bond acceptors (Lipinski definition) is 1. The molecule has 1 aliphatic carbocycles. The first-order chi connectivity index (χ1) is 6.24. The fraction of sp³-hybridized carbons (Fsp3) is 0.700. The number of thiocarbonyl (C=S) groups is 1. The van der Waals surface area contributed by atoms with E-state index >= 15 is 0 Å². The Hall–Kier alpha value is -0.750. The van der Waals surface area contributed by atoms with Gasteiger partial charge in [0.05, 0.1) is 6.54 Å². The molecule has 0 saturated heterocycles. The van der Waals surface area contributed by atoms with Crippen LogP contribution in [0.15, 0.2) is 0 Å². The Morgan fingerprint density at radius 1 is 1.62 bits per heavy atom. The average molecular weight is 196 g/mol. The van der Waals surface area contributed by atoms with Gasteiger partial charge in [-0.3, -0.25) is 0 Å². The van der Waals surface area contributed by atoms with E-state index in [-0.39, 0.29) is 0 Å². The van der Waals surface area contributed by atoms with Gasteiger partial charge in [-0.25, -0.2) is 0 Å². The molecule has 72 valence electrons. The minimum atomic E-state index is 0.509. The van der Waals surface area contributed by atoms with E-state index < -0.39 is 0 Å². The normalized spacial score (nSPS) is 16.8. The van der Waals surface area contributed by atoms with Crippen molar-refractivity contribution in [1.82, 2.24) is 10.6 Å². The van der Waals surface area contributed by atoms with Crippen molar-refractivity contribution in [1.29, 1.82) is 0 Å². The molecule has 0 aromatic rings. The van der Waals surface area contributed by atoms with Crippen LogP contribution < -0.4 is 10.6 Å². The van der Waals surface area contributed by atoms with Crippen LogP contribution in [0, 0.1) is 17.8 Å². The highest BCUT2D eigenvalue weighted by molar-refractivity contribution is 7.80. The summed E-state index contributed by atoms with van der Waals surface area (Å²) in [5, 5.41) is 7.02. The first-order valence-electron chi connectivity index (χ1n) is 4.68. The minimum absolute atomic E-state index is 0.509. The van der Waals surface area contributed by atoms with Gasteiger partial charge in [-0.05, 0) is 44.8 Å². The molecule has 1 aliphatic rings. The van der Waals surface area contributed by atoms with Crippen LogP contribution in [0.4, 0.5) is 0 Å². The van der Waals surface area contributed by atoms with E-state index in [1.54, 1.807) is 0 Å². The van der Waals surface area contributed by atoms with E-state index in [0.717, 1.165) is 11.0 Å². The molecule has 0 bridgehead atoms. The van der Waals surface area contributed by atoms with Crippen molar-refractivity contribution in [3.8, 4) is 11.8 Å². The summed E-state index contributed by atoms with van der Waals surface area (Å²) in [6.45, 7) is 4.64. The van der Waals surface area contributed by atoms with Gasteiger partial charge in [-0.15, -0.1) is 5.92 Å². The van der Waals surface area contributed by atoms with Crippen molar-refractivity contribution in [3.05, 3.63) is 0 Å². The lowest BCUT2D eigenvalue weighted by Crippen LogP contribution is -2.41. The highest BCUT2D eigenvalue weighted by atomic mass is 32.1. The zero-order chi connectivity index (χ0) is 9.68. The predicted octanol–water partition coefficient (Wildman–Crippen LogP) is 1.27. The standard InChI is InChI=1S/C10H16N2S/c1-3-4-7-11-10(13)12-8(2)9-5-6-9/h8-9H,5-7H2,1-2H3,(H2,11,12,13). The SMILES string of the molecule is CC#CCNC(=S)NC(C)C1CC1.